The van der Waals surface area contributed by atoms with Gasteiger partial charge in [0.1, 0.15) is 0 Å². The smallest absolute Gasteiger partial charge is 0.238 e. The van der Waals surface area contributed by atoms with Gasteiger partial charge in [0.15, 0.2) is 0 Å². The van der Waals surface area contributed by atoms with Crippen molar-refractivity contribution in [2.75, 3.05) is 10.6 Å². The third-order valence-electron chi connectivity index (χ3n) is 3.09. The second kappa shape index (κ2) is 7.24. The molecule has 0 bridgehead atoms. The predicted molar refractivity (Wildman–Crippen MR) is 90.9 cm³/mol. The number of amides is 2. The summed E-state index contributed by atoms with van der Waals surface area (Å²) >= 11 is 0. The van der Waals surface area contributed by atoms with E-state index in [-0.39, 0.29) is 23.1 Å². The normalized spacial score (nSPS) is 10.9. The van der Waals surface area contributed by atoms with E-state index in [1.807, 2.05) is 0 Å². The van der Waals surface area contributed by atoms with Gasteiger partial charge in [-0.3, -0.25) is 9.59 Å². The largest absolute Gasteiger partial charge is 0.326 e. The van der Waals surface area contributed by atoms with E-state index in [0.717, 1.165) is 5.56 Å². The molecule has 0 saturated carbocycles. The lowest BCUT2D eigenvalue weighted by molar-refractivity contribution is -0.116. The maximum absolute atomic E-state index is 12.0. The van der Waals surface area contributed by atoms with Crippen LogP contribution in [-0.4, -0.2) is 20.2 Å². The zero-order valence-corrected chi connectivity index (χ0v) is 13.8. The summed E-state index contributed by atoms with van der Waals surface area (Å²) in [6.45, 7) is 1.41. The van der Waals surface area contributed by atoms with E-state index in [1.54, 1.807) is 30.3 Å². The first-order valence-electron chi connectivity index (χ1n) is 7.03. The number of hydrogen-bond acceptors (Lipinski definition) is 4. The number of rotatable bonds is 5. The summed E-state index contributed by atoms with van der Waals surface area (Å²) in [4.78, 5) is 22.9. The molecule has 0 aliphatic heterocycles. The highest BCUT2D eigenvalue weighted by Crippen LogP contribution is 2.15. The number of anilines is 2. The van der Waals surface area contributed by atoms with E-state index in [0.29, 0.717) is 11.4 Å². The first-order chi connectivity index (χ1) is 11.2. The Kier molecular flexibility index (Phi) is 5.32. The number of nitrogens with two attached hydrogens (primary N) is 1. The molecule has 0 radical (unpaired) electrons. The van der Waals surface area contributed by atoms with Crippen molar-refractivity contribution in [3.63, 3.8) is 0 Å². The van der Waals surface area contributed by atoms with Crippen molar-refractivity contribution in [1.82, 2.24) is 0 Å². The average molecular weight is 347 g/mol. The summed E-state index contributed by atoms with van der Waals surface area (Å²) in [5, 5.41) is 10.3. The van der Waals surface area contributed by atoms with Crippen LogP contribution in [0.4, 0.5) is 11.4 Å². The summed E-state index contributed by atoms with van der Waals surface area (Å²) in [5.41, 5.74) is 1.75. The molecule has 2 rings (SSSR count). The Hall–Kier alpha value is -2.71. The van der Waals surface area contributed by atoms with Crippen molar-refractivity contribution in [2.24, 2.45) is 5.14 Å². The van der Waals surface area contributed by atoms with E-state index in [2.05, 4.69) is 10.6 Å². The maximum Gasteiger partial charge on any atom is 0.238 e. The van der Waals surface area contributed by atoms with Crippen LogP contribution in [0.5, 0.6) is 0 Å². The van der Waals surface area contributed by atoms with Crippen molar-refractivity contribution in [3.8, 4) is 0 Å². The molecule has 126 valence electrons. The number of primary sulfonamides is 1. The van der Waals surface area contributed by atoms with E-state index in [4.69, 9.17) is 5.14 Å². The van der Waals surface area contributed by atoms with Crippen LogP contribution in [0.25, 0.3) is 0 Å². The van der Waals surface area contributed by atoms with Gasteiger partial charge in [-0.1, -0.05) is 18.2 Å². The minimum atomic E-state index is -3.82. The molecule has 0 spiro atoms. The molecule has 2 aromatic rings. The number of carbonyl (C=O) groups is 2. The van der Waals surface area contributed by atoms with Crippen molar-refractivity contribution >= 4 is 33.2 Å². The Morgan fingerprint density at radius 1 is 1.00 bits per heavy atom. The molecule has 0 fully saturated rings. The molecular formula is C16H17N3O4S. The third-order valence-corrected chi connectivity index (χ3v) is 4.00. The first-order valence-corrected chi connectivity index (χ1v) is 8.58. The number of hydrogen-bond donors (Lipinski definition) is 3. The molecule has 8 heteroatoms. The SMILES string of the molecule is CC(=O)Nc1ccc(CC(=O)Nc2cccc(S(N)(=O)=O)c2)cc1. The molecular weight excluding hydrogens is 330 g/mol. The Bertz CT molecular complexity index is 861. The molecule has 2 amide bonds. The van der Waals surface area contributed by atoms with Crippen LogP contribution in [0.3, 0.4) is 0 Å². The van der Waals surface area contributed by atoms with Gasteiger partial charge in [-0.15, -0.1) is 0 Å². The van der Waals surface area contributed by atoms with Crippen LogP contribution in [0, 0.1) is 0 Å². The van der Waals surface area contributed by atoms with Gasteiger partial charge in [0.25, 0.3) is 0 Å². The summed E-state index contributed by atoms with van der Waals surface area (Å²) in [5.74, 6) is -0.468. The minimum Gasteiger partial charge on any atom is -0.326 e. The summed E-state index contributed by atoms with van der Waals surface area (Å²) in [6.07, 6.45) is 0.111. The zero-order chi connectivity index (χ0) is 17.7. The van der Waals surface area contributed by atoms with Gasteiger partial charge in [-0.2, -0.15) is 0 Å². The van der Waals surface area contributed by atoms with Crippen molar-refractivity contribution in [2.45, 2.75) is 18.2 Å². The number of carbonyl (C=O) groups excluding carboxylic acids is 2. The van der Waals surface area contributed by atoms with E-state index in [9.17, 15) is 18.0 Å². The van der Waals surface area contributed by atoms with Crippen LogP contribution in [0.2, 0.25) is 0 Å². The molecule has 2 aromatic carbocycles. The Balaban J connectivity index is 2.02. The van der Waals surface area contributed by atoms with E-state index >= 15 is 0 Å². The standard InChI is InChI=1S/C16H17N3O4S/c1-11(20)18-13-7-5-12(6-8-13)9-16(21)19-14-3-2-4-15(10-14)24(17,22)23/h2-8,10H,9H2,1H3,(H,18,20)(H,19,21)(H2,17,22,23). The third kappa shape index (κ3) is 5.18. The van der Waals surface area contributed by atoms with Gasteiger partial charge in [0.05, 0.1) is 11.3 Å². The highest BCUT2D eigenvalue weighted by molar-refractivity contribution is 7.89. The van der Waals surface area contributed by atoms with Crippen molar-refractivity contribution in [1.29, 1.82) is 0 Å². The molecule has 24 heavy (non-hydrogen) atoms. The highest BCUT2D eigenvalue weighted by Gasteiger charge is 2.10. The fourth-order valence-electron chi connectivity index (χ4n) is 2.05. The van der Waals surface area contributed by atoms with Crippen LogP contribution in [0.15, 0.2) is 53.4 Å². The number of benzene rings is 2. The quantitative estimate of drug-likeness (QED) is 0.759. The lowest BCUT2D eigenvalue weighted by Gasteiger charge is -2.08. The first kappa shape index (κ1) is 17.6. The molecule has 0 saturated heterocycles. The molecule has 0 aromatic heterocycles. The topological polar surface area (TPSA) is 118 Å². The predicted octanol–water partition coefficient (Wildman–Crippen LogP) is 1.47. The van der Waals surface area contributed by atoms with E-state index in [1.165, 1.54) is 25.1 Å². The summed E-state index contributed by atoms with van der Waals surface area (Å²) in [6, 6.07) is 12.6. The molecule has 0 unspecified atom stereocenters. The molecule has 0 aliphatic rings. The summed E-state index contributed by atoms with van der Waals surface area (Å²) < 4.78 is 22.6. The zero-order valence-electron chi connectivity index (χ0n) is 12.9. The molecule has 7 nitrogen and oxygen atoms in total. The van der Waals surface area contributed by atoms with Crippen molar-refractivity contribution < 1.29 is 18.0 Å². The highest BCUT2D eigenvalue weighted by atomic mass is 32.2. The number of nitrogens with one attached hydrogen (secondary N) is 2. The molecule has 0 heterocycles. The lowest BCUT2D eigenvalue weighted by atomic mass is 10.1. The average Bonchev–Trinajstić information content (AvgIpc) is 2.48. The Morgan fingerprint density at radius 2 is 1.67 bits per heavy atom. The maximum atomic E-state index is 12.0. The van der Waals surface area contributed by atoms with Crippen molar-refractivity contribution in [3.05, 3.63) is 54.1 Å². The minimum absolute atomic E-state index is 0.0695. The lowest BCUT2D eigenvalue weighted by Crippen LogP contribution is -2.16. The van der Waals surface area contributed by atoms with Crippen LogP contribution >= 0.6 is 0 Å². The van der Waals surface area contributed by atoms with Gasteiger partial charge in [0.2, 0.25) is 21.8 Å². The second-order valence-electron chi connectivity index (χ2n) is 5.18. The summed E-state index contributed by atoms with van der Waals surface area (Å²) in [7, 11) is -3.82. The van der Waals surface area contributed by atoms with Gasteiger partial charge in [-0.05, 0) is 35.9 Å². The Morgan fingerprint density at radius 3 is 2.25 bits per heavy atom. The Labute approximate surface area is 139 Å². The van der Waals surface area contributed by atoms with Gasteiger partial charge >= 0.3 is 0 Å². The number of sulfonamides is 1. The monoisotopic (exact) mass is 347 g/mol. The van der Waals surface area contributed by atoms with Gasteiger partial charge < -0.3 is 10.6 Å². The van der Waals surface area contributed by atoms with Crippen LogP contribution in [-0.2, 0) is 26.0 Å². The second-order valence-corrected chi connectivity index (χ2v) is 6.74. The molecule has 0 atom stereocenters. The molecule has 0 aliphatic carbocycles. The van der Waals surface area contributed by atoms with Gasteiger partial charge in [-0.25, -0.2) is 13.6 Å². The van der Waals surface area contributed by atoms with E-state index < -0.39 is 10.0 Å². The van der Waals surface area contributed by atoms with Crippen LogP contribution < -0.4 is 15.8 Å². The fourth-order valence-corrected chi connectivity index (χ4v) is 2.61. The fraction of sp³-hybridized carbons (Fsp3) is 0.125. The molecule has 4 N–H and O–H groups in total. The van der Waals surface area contributed by atoms with Crippen LogP contribution in [0.1, 0.15) is 12.5 Å². The van der Waals surface area contributed by atoms with Gasteiger partial charge in [0, 0.05) is 18.3 Å².